The van der Waals surface area contributed by atoms with Crippen LogP contribution in [0.5, 0.6) is 5.75 Å². The minimum absolute atomic E-state index is 0.0456. The molecule has 1 aliphatic rings. The Hall–Kier alpha value is -2.90. The first-order valence-electron chi connectivity index (χ1n) is 8.48. The van der Waals surface area contributed by atoms with Crippen LogP contribution in [0.3, 0.4) is 0 Å². The highest BCUT2D eigenvalue weighted by Gasteiger charge is 2.34. The summed E-state index contributed by atoms with van der Waals surface area (Å²) in [6, 6.07) is 0. The zero-order chi connectivity index (χ0) is 19.0. The molecule has 2 aromatic rings. The second-order valence-corrected chi connectivity index (χ2v) is 6.70. The van der Waals surface area contributed by atoms with E-state index in [1.54, 1.807) is 13.3 Å². The fourth-order valence-corrected chi connectivity index (χ4v) is 3.71. The highest BCUT2D eigenvalue weighted by atomic mass is 16.5. The molecule has 0 fully saturated rings. The zero-order valence-electron chi connectivity index (χ0n) is 15.5. The van der Waals surface area contributed by atoms with Crippen LogP contribution in [0.1, 0.15) is 40.4 Å². The first-order chi connectivity index (χ1) is 12.3. The standard InChI is InChI=1S/C18H24N6O2/c1-9-6-21-13(10(2)16(9)26-4)8-24-7-12(5-14(19)25)15-11(3)22-18(20)23-17(15)24/h6,12H,5,7-8H2,1-4H3,(H2,19,25)(H2,20,22,23). The normalized spacial score (nSPS) is 15.8. The number of fused-ring (bicyclic) bond motifs is 1. The van der Waals surface area contributed by atoms with E-state index in [1.165, 1.54) is 0 Å². The number of pyridine rings is 1. The maximum atomic E-state index is 11.5. The molecule has 0 saturated heterocycles. The molecule has 0 bridgehead atoms. The van der Waals surface area contributed by atoms with Gasteiger partial charge in [-0.15, -0.1) is 0 Å². The Labute approximate surface area is 152 Å². The van der Waals surface area contributed by atoms with Crippen molar-refractivity contribution in [3.05, 3.63) is 34.3 Å². The van der Waals surface area contributed by atoms with Gasteiger partial charge in [-0.25, -0.2) is 4.98 Å². The zero-order valence-corrected chi connectivity index (χ0v) is 15.5. The fraction of sp³-hybridized carbons (Fsp3) is 0.444. The number of primary amides is 1. The Balaban J connectivity index is 1.99. The molecule has 4 N–H and O–H groups in total. The van der Waals surface area contributed by atoms with Crippen LogP contribution in [-0.4, -0.2) is 34.5 Å². The van der Waals surface area contributed by atoms with E-state index in [0.717, 1.165) is 39.6 Å². The summed E-state index contributed by atoms with van der Waals surface area (Å²) in [5.74, 6) is 1.42. The summed E-state index contributed by atoms with van der Waals surface area (Å²) in [6.45, 7) is 7.00. The Morgan fingerprint density at radius 3 is 2.73 bits per heavy atom. The minimum atomic E-state index is -0.342. The van der Waals surface area contributed by atoms with Gasteiger partial charge in [0.1, 0.15) is 11.6 Å². The SMILES string of the molecule is COc1c(C)cnc(CN2CC(CC(N)=O)c3c(C)nc(N)nc32)c1C. The average Bonchev–Trinajstić information content (AvgIpc) is 2.87. The predicted molar refractivity (Wildman–Crippen MR) is 99.0 cm³/mol. The topological polar surface area (TPSA) is 120 Å². The van der Waals surface area contributed by atoms with Crippen molar-refractivity contribution >= 4 is 17.7 Å². The lowest BCUT2D eigenvalue weighted by molar-refractivity contribution is -0.118. The van der Waals surface area contributed by atoms with Gasteiger partial charge in [0.2, 0.25) is 11.9 Å². The molecule has 0 aromatic carbocycles. The number of amides is 1. The van der Waals surface area contributed by atoms with E-state index in [-0.39, 0.29) is 24.2 Å². The van der Waals surface area contributed by atoms with E-state index in [0.29, 0.717) is 13.1 Å². The van der Waals surface area contributed by atoms with Crippen LogP contribution in [0, 0.1) is 20.8 Å². The Morgan fingerprint density at radius 1 is 1.35 bits per heavy atom. The van der Waals surface area contributed by atoms with Crippen molar-refractivity contribution in [1.82, 2.24) is 15.0 Å². The van der Waals surface area contributed by atoms with E-state index >= 15 is 0 Å². The van der Waals surface area contributed by atoms with Gasteiger partial charge < -0.3 is 21.1 Å². The number of rotatable bonds is 5. The van der Waals surface area contributed by atoms with Gasteiger partial charge in [-0.3, -0.25) is 9.78 Å². The predicted octanol–water partition coefficient (Wildman–Crippen LogP) is 1.37. The molecule has 3 heterocycles. The average molecular weight is 356 g/mol. The summed E-state index contributed by atoms with van der Waals surface area (Å²) in [7, 11) is 1.66. The summed E-state index contributed by atoms with van der Waals surface area (Å²) >= 11 is 0. The highest BCUT2D eigenvalue weighted by Crippen LogP contribution is 2.39. The lowest BCUT2D eigenvalue weighted by Gasteiger charge is -2.21. The van der Waals surface area contributed by atoms with E-state index in [4.69, 9.17) is 16.2 Å². The second-order valence-electron chi connectivity index (χ2n) is 6.70. The molecule has 1 aliphatic heterocycles. The largest absolute Gasteiger partial charge is 0.496 e. The van der Waals surface area contributed by atoms with Crippen LogP contribution in [-0.2, 0) is 11.3 Å². The molecule has 1 atom stereocenters. The molecule has 0 spiro atoms. The lowest BCUT2D eigenvalue weighted by atomic mass is 9.98. The number of hydrogen-bond acceptors (Lipinski definition) is 7. The molecule has 8 heteroatoms. The number of nitrogens with zero attached hydrogens (tertiary/aromatic N) is 4. The van der Waals surface area contributed by atoms with Crippen molar-refractivity contribution in [2.45, 2.75) is 39.7 Å². The number of aryl methyl sites for hydroxylation is 2. The molecule has 1 unspecified atom stereocenters. The van der Waals surface area contributed by atoms with Crippen LogP contribution in [0.25, 0.3) is 0 Å². The molecule has 1 amide bonds. The third-order valence-electron chi connectivity index (χ3n) is 4.82. The molecule has 0 saturated carbocycles. The molecule has 138 valence electrons. The number of nitrogen functional groups attached to an aromatic ring is 1. The van der Waals surface area contributed by atoms with Crippen molar-refractivity contribution < 1.29 is 9.53 Å². The smallest absolute Gasteiger partial charge is 0.222 e. The van der Waals surface area contributed by atoms with Gasteiger partial charge in [-0.05, 0) is 20.8 Å². The van der Waals surface area contributed by atoms with Gasteiger partial charge in [0.15, 0.2) is 0 Å². The highest BCUT2D eigenvalue weighted by molar-refractivity contribution is 5.76. The molecule has 0 aliphatic carbocycles. The third kappa shape index (κ3) is 3.14. The van der Waals surface area contributed by atoms with Crippen LogP contribution in [0.4, 0.5) is 11.8 Å². The van der Waals surface area contributed by atoms with Crippen molar-refractivity contribution in [1.29, 1.82) is 0 Å². The number of methoxy groups -OCH3 is 1. The van der Waals surface area contributed by atoms with Crippen LogP contribution in [0.15, 0.2) is 6.20 Å². The van der Waals surface area contributed by atoms with E-state index in [2.05, 4.69) is 19.9 Å². The summed E-state index contributed by atoms with van der Waals surface area (Å²) in [5, 5.41) is 0. The quantitative estimate of drug-likeness (QED) is 0.830. The Bertz CT molecular complexity index is 867. The van der Waals surface area contributed by atoms with Gasteiger partial charge in [-0.1, -0.05) is 0 Å². The molecular weight excluding hydrogens is 332 g/mol. The van der Waals surface area contributed by atoms with Gasteiger partial charge in [0.05, 0.1) is 19.3 Å². The maximum absolute atomic E-state index is 11.5. The first-order valence-corrected chi connectivity index (χ1v) is 8.48. The number of nitrogens with two attached hydrogens (primary N) is 2. The van der Waals surface area contributed by atoms with Crippen LogP contribution in [0.2, 0.25) is 0 Å². The summed E-state index contributed by atoms with van der Waals surface area (Å²) in [6.07, 6.45) is 2.06. The fourth-order valence-electron chi connectivity index (χ4n) is 3.71. The minimum Gasteiger partial charge on any atom is -0.496 e. The van der Waals surface area contributed by atoms with E-state index < -0.39 is 0 Å². The third-order valence-corrected chi connectivity index (χ3v) is 4.82. The molecule has 2 aromatic heterocycles. The molecule has 26 heavy (non-hydrogen) atoms. The number of carbonyl (C=O) groups is 1. The van der Waals surface area contributed by atoms with Crippen molar-refractivity contribution in [2.24, 2.45) is 5.73 Å². The van der Waals surface area contributed by atoms with Crippen molar-refractivity contribution in [3.8, 4) is 5.75 Å². The molecule has 3 rings (SSSR count). The monoisotopic (exact) mass is 356 g/mol. The maximum Gasteiger partial charge on any atom is 0.222 e. The van der Waals surface area contributed by atoms with E-state index in [1.807, 2.05) is 20.8 Å². The molecule has 8 nitrogen and oxygen atoms in total. The number of anilines is 2. The number of aromatic nitrogens is 3. The van der Waals surface area contributed by atoms with E-state index in [9.17, 15) is 4.79 Å². The summed E-state index contributed by atoms with van der Waals surface area (Å²) in [4.78, 5) is 26.8. The molecular formula is C18H24N6O2. The number of carbonyl (C=O) groups excluding carboxylic acids is 1. The first kappa shape index (κ1) is 17.9. The Kier molecular flexibility index (Phi) is 4.67. The lowest BCUT2D eigenvalue weighted by Crippen LogP contribution is -2.25. The van der Waals surface area contributed by atoms with Crippen LogP contribution < -0.4 is 21.1 Å². The van der Waals surface area contributed by atoms with Gasteiger partial charge >= 0.3 is 0 Å². The van der Waals surface area contributed by atoms with Crippen molar-refractivity contribution in [3.63, 3.8) is 0 Å². The molecule has 0 radical (unpaired) electrons. The van der Waals surface area contributed by atoms with Gasteiger partial charge in [-0.2, -0.15) is 4.98 Å². The van der Waals surface area contributed by atoms with Gasteiger partial charge in [0.25, 0.3) is 0 Å². The van der Waals surface area contributed by atoms with Crippen molar-refractivity contribution in [2.75, 3.05) is 24.3 Å². The van der Waals surface area contributed by atoms with Gasteiger partial charge in [0, 0.05) is 47.5 Å². The summed E-state index contributed by atoms with van der Waals surface area (Å²) in [5.41, 5.74) is 15.9. The number of ether oxygens (including phenoxy) is 1. The Morgan fingerprint density at radius 2 is 2.08 bits per heavy atom. The van der Waals surface area contributed by atoms with Crippen LogP contribution >= 0.6 is 0 Å². The summed E-state index contributed by atoms with van der Waals surface area (Å²) < 4.78 is 5.50. The number of hydrogen-bond donors (Lipinski definition) is 2. The second kappa shape index (κ2) is 6.78.